The van der Waals surface area contributed by atoms with Crippen LogP contribution in [0.2, 0.25) is 0 Å². The number of likely N-dealkylation sites (tertiary alicyclic amines) is 2. The number of fused-ring (bicyclic) bond motifs is 2. The molecular weight excluding hydrogens is 1010 g/mol. The standard InChI is InChI=1S/C29H30N2O3S.C19H15BrO2.C10H18N2O2S/c1-29(2,3)34-28(32)31-17-9-14-25(31)27-30-24(19-35-27)22-15-16-26(23-13-8-7-12-21(22)23)33-18-20-10-5-4-6-11-20;20-12-18(21)16-10-11-19(17-9-5-4-8-15(16)17)22-13-14-6-2-1-3-7-14;1-10(2,3)14-9(13)12-6-4-5-7(12)8(11)15/h4-8,10-13,15-16,19,25H,9,14,17-18H2,1-3H3;1-11H,12-13H2;7H,4-6H2,1-3H3,(H2,11,15)/t25-;;7-/m0.0/s1. The molecule has 6 aromatic carbocycles. The third-order valence-electron chi connectivity index (χ3n) is 11.8. The zero-order chi connectivity index (χ0) is 51.4. The van der Waals surface area contributed by atoms with Crippen molar-refractivity contribution < 1.29 is 33.3 Å². The van der Waals surface area contributed by atoms with Crippen molar-refractivity contribution in [2.24, 2.45) is 5.73 Å². The Balaban J connectivity index is 0.000000175. The predicted molar refractivity (Wildman–Crippen MR) is 296 cm³/mol. The topological polar surface area (TPSA) is 134 Å². The number of carbonyl (C=O) groups is 3. The summed E-state index contributed by atoms with van der Waals surface area (Å²) in [6.45, 7) is 13.6. The lowest BCUT2D eigenvalue weighted by atomic mass is 10.0. The molecule has 0 aliphatic carbocycles. The fourth-order valence-corrected chi connectivity index (χ4v) is 10.0. The lowest BCUT2D eigenvalue weighted by Gasteiger charge is -2.27. The van der Waals surface area contributed by atoms with Gasteiger partial charge >= 0.3 is 12.2 Å². The zero-order valence-electron chi connectivity index (χ0n) is 41.8. The molecule has 2 saturated heterocycles. The number of nitrogens with zero attached hydrogens (tertiary/aromatic N) is 3. The van der Waals surface area contributed by atoms with Crippen LogP contribution in [0.5, 0.6) is 11.5 Å². The molecular formula is C58H63BrN4O7S2. The number of hydrogen-bond donors (Lipinski definition) is 1. The van der Waals surface area contributed by atoms with Gasteiger partial charge in [-0.1, -0.05) is 137 Å². The molecule has 0 unspecified atom stereocenters. The highest BCUT2D eigenvalue weighted by atomic mass is 79.9. The number of alkyl halides is 1. The highest BCUT2D eigenvalue weighted by molar-refractivity contribution is 9.09. The molecule has 2 N–H and O–H groups in total. The molecule has 2 amide bonds. The van der Waals surface area contributed by atoms with E-state index in [0.29, 0.717) is 36.6 Å². The number of rotatable bonds is 11. The molecule has 3 heterocycles. The van der Waals surface area contributed by atoms with Crippen molar-refractivity contribution in [1.29, 1.82) is 0 Å². The van der Waals surface area contributed by atoms with E-state index in [-0.39, 0.29) is 30.1 Å². The van der Waals surface area contributed by atoms with Crippen LogP contribution in [0.15, 0.2) is 139 Å². The molecule has 0 radical (unpaired) electrons. The second kappa shape index (κ2) is 24.4. The van der Waals surface area contributed by atoms with Gasteiger partial charge < -0.3 is 24.7 Å². The average Bonchev–Trinajstić information content (AvgIpc) is 4.18. The smallest absolute Gasteiger partial charge is 0.410 e. The first kappa shape index (κ1) is 53.4. The Bertz CT molecular complexity index is 2970. The van der Waals surface area contributed by atoms with Crippen LogP contribution >= 0.6 is 39.5 Å². The van der Waals surface area contributed by atoms with Crippen molar-refractivity contribution in [3.05, 3.63) is 161 Å². The first-order valence-corrected chi connectivity index (χ1v) is 26.6. The molecule has 9 rings (SSSR count). The molecule has 7 aromatic rings. The van der Waals surface area contributed by atoms with Crippen molar-refractivity contribution in [2.45, 2.75) is 104 Å². The molecule has 11 nitrogen and oxygen atoms in total. The monoisotopic (exact) mass is 1070 g/mol. The number of thiocarbonyl (C=S) groups is 1. The molecule has 2 fully saturated rings. The number of Topliss-reactive ketones (excluding diaryl/α,β-unsaturated/α-hetero) is 1. The van der Waals surface area contributed by atoms with E-state index in [4.69, 9.17) is 41.9 Å². The van der Waals surface area contributed by atoms with Gasteiger partial charge in [-0.25, -0.2) is 14.6 Å². The summed E-state index contributed by atoms with van der Waals surface area (Å²) >= 11 is 9.77. The second-order valence-corrected chi connectivity index (χ2v) is 21.5. The third kappa shape index (κ3) is 14.2. The number of benzene rings is 6. The molecule has 0 spiro atoms. The van der Waals surface area contributed by atoms with Gasteiger partial charge in [0.2, 0.25) is 0 Å². The number of halogens is 1. The van der Waals surface area contributed by atoms with Crippen LogP contribution in [0.3, 0.4) is 0 Å². The Hall–Kier alpha value is -6.35. The summed E-state index contributed by atoms with van der Waals surface area (Å²) in [5.41, 5.74) is 9.55. The van der Waals surface area contributed by atoms with Crippen molar-refractivity contribution in [3.63, 3.8) is 0 Å². The summed E-state index contributed by atoms with van der Waals surface area (Å²) in [7, 11) is 0. The molecule has 2 aliphatic heterocycles. The van der Waals surface area contributed by atoms with E-state index in [2.05, 4.69) is 51.6 Å². The van der Waals surface area contributed by atoms with Crippen LogP contribution in [-0.2, 0) is 22.7 Å². The van der Waals surface area contributed by atoms with Gasteiger partial charge in [0.1, 0.15) is 40.9 Å². The van der Waals surface area contributed by atoms with E-state index in [0.717, 1.165) is 91.7 Å². The molecule has 14 heteroatoms. The SMILES string of the molecule is CC(C)(C)OC(=O)N1CCC[C@H]1C(N)=S.CC(C)(C)OC(=O)N1CCC[C@H]1c1nc(-c2ccc(OCc3ccccc3)c3ccccc23)cs1.O=C(CBr)c1ccc(OCc2ccccc2)c2ccccc12. The minimum Gasteiger partial charge on any atom is -0.488 e. The van der Waals surface area contributed by atoms with E-state index in [1.807, 2.05) is 150 Å². The number of amides is 2. The van der Waals surface area contributed by atoms with E-state index in [1.54, 1.807) is 16.2 Å². The minimum atomic E-state index is -0.512. The predicted octanol–water partition coefficient (Wildman–Crippen LogP) is 14.3. The van der Waals surface area contributed by atoms with Gasteiger partial charge in [0.15, 0.2) is 5.78 Å². The van der Waals surface area contributed by atoms with Crippen molar-refractivity contribution in [2.75, 3.05) is 18.4 Å². The number of thiazole rings is 1. The minimum absolute atomic E-state index is 0.0386. The van der Waals surface area contributed by atoms with Gasteiger partial charge in [-0.3, -0.25) is 14.6 Å². The molecule has 376 valence electrons. The van der Waals surface area contributed by atoms with Crippen molar-refractivity contribution in [1.82, 2.24) is 14.8 Å². The first-order chi connectivity index (χ1) is 34.5. The Kier molecular flexibility index (Phi) is 18.1. The number of hydrogen-bond acceptors (Lipinski definition) is 10. The molecule has 1 aromatic heterocycles. The number of aromatic nitrogens is 1. The van der Waals surface area contributed by atoms with Gasteiger partial charge in [0.25, 0.3) is 0 Å². The maximum atomic E-state index is 12.8. The normalized spacial score (nSPS) is 15.5. The number of ether oxygens (including phenoxy) is 4. The lowest BCUT2D eigenvalue weighted by molar-refractivity contribution is 0.0221. The maximum absolute atomic E-state index is 12.8. The maximum Gasteiger partial charge on any atom is 0.410 e. The second-order valence-electron chi connectivity index (χ2n) is 19.6. The Morgan fingerprint density at radius 3 is 1.69 bits per heavy atom. The largest absolute Gasteiger partial charge is 0.488 e. The van der Waals surface area contributed by atoms with Crippen molar-refractivity contribution >= 4 is 84.0 Å². The van der Waals surface area contributed by atoms with Gasteiger partial charge in [-0.2, -0.15) is 0 Å². The number of nitrogens with two attached hydrogens (primary N) is 1. The summed E-state index contributed by atoms with van der Waals surface area (Å²) < 4.78 is 23.1. The number of carbonyl (C=O) groups excluding carboxylic acids is 3. The number of ketones is 1. The van der Waals surface area contributed by atoms with Crippen LogP contribution in [0.25, 0.3) is 32.8 Å². The van der Waals surface area contributed by atoms with Crippen LogP contribution in [0, 0.1) is 0 Å². The zero-order valence-corrected chi connectivity index (χ0v) is 45.0. The van der Waals surface area contributed by atoms with E-state index >= 15 is 0 Å². The van der Waals surface area contributed by atoms with Gasteiger partial charge in [-0.05, 0) is 113 Å². The summed E-state index contributed by atoms with van der Waals surface area (Å²) in [6, 6.07) is 44.0. The highest BCUT2D eigenvalue weighted by Gasteiger charge is 2.36. The fraction of sp³-hybridized carbons (Fsp3) is 0.328. The van der Waals surface area contributed by atoms with Crippen LogP contribution < -0.4 is 15.2 Å². The fourth-order valence-electron chi connectivity index (χ4n) is 8.53. The van der Waals surface area contributed by atoms with Crippen LogP contribution in [0.1, 0.15) is 99.8 Å². The molecule has 0 bridgehead atoms. The lowest BCUT2D eigenvalue weighted by Crippen LogP contribution is -2.45. The van der Waals surface area contributed by atoms with Gasteiger partial charge in [0.05, 0.1) is 28.1 Å². The highest BCUT2D eigenvalue weighted by Crippen LogP contribution is 2.40. The molecule has 0 saturated carbocycles. The van der Waals surface area contributed by atoms with Gasteiger partial charge in [-0.15, -0.1) is 11.3 Å². The molecule has 2 atom stereocenters. The first-order valence-electron chi connectivity index (χ1n) is 24.2. The summed E-state index contributed by atoms with van der Waals surface area (Å²) in [5.74, 6) is 1.73. The summed E-state index contributed by atoms with van der Waals surface area (Å²) in [5, 5.41) is 7.42. The quantitative estimate of drug-likeness (QED) is 0.0758. The Labute approximate surface area is 440 Å². The van der Waals surface area contributed by atoms with Crippen LogP contribution in [-0.4, -0.2) is 73.4 Å². The van der Waals surface area contributed by atoms with E-state index < -0.39 is 11.2 Å². The summed E-state index contributed by atoms with van der Waals surface area (Å²) in [4.78, 5) is 45.4. The Morgan fingerprint density at radius 1 is 0.653 bits per heavy atom. The van der Waals surface area contributed by atoms with Gasteiger partial charge in [0, 0.05) is 40.4 Å². The molecule has 72 heavy (non-hydrogen) atoms. The van der Waals surface area contributed by atoms with E-state index in [1.165, 1.54) is 0 Å². The third-order valence-corrected chi connectivity index (χ3v) is 13.6. The van der Waals surface area contributed by atoms with Crippen LogP contribution in [0.4, 0.5) is 9.59 Å². The average molecular weight is 1070 g/mol. The summed E-state index contributed by atoms with van der Waals surface area (Å²) in [6.07, 6.45) is 3.05. The Morgan fingerprint density at radius 2 is 1.14 bits per heavy atom. The van der Waals surface area contributed by atoms with Crippen molar-refractivity contribution in [3.8, 4) is 22.8 Å². The van der Waals surface area contributed by atoms with E-state index in [9.17, 15) is 14.4 Å². The molecule has 2 aliphatic rings.